The number of pyridine rings is 1. The number of anilines is 1. The molecule has 0 saturated heterocycles. The zero-order valence-electron chi connectivity index (χ0n) is 19.6. The Hall–Kier alpha value is -4.20. The standard InChI is InChI=1S/C25H23F3N6O2/c1-13(16-4-3-5-17(21(16)26)22(27)28)30-23-19-12-18(25(36)33-24(19)32-14(2)31-23)15-7-10-34(11-8-15)20(35)6-9-29/h3-5,7,12-13,22H,6,8,10-11H2,1-2H3,(H2,30,31,32,33,36)/t13-/m1/s1. The van der Waals surface area contributed by atoms with E-state index in [-0.39, 0.29) is 35.6 Å². The molecule has 3 heterocycles. The molecule has 0 saturated carbocycles. The fraction of sp³-hybridized carbons (Fsp3) is 0.320. The number of aryl methyl sites for hydroxylation is 1. The maximum Gasteiger partial charge on any atom is 0.266 e. The minimum Gasteiger partial charge on any atom is -0.363 e. The molecule has 1 atom stereocenters. The van der Waals surface area contributed by atoms with E-state index >= 15 is 0 Å². The van der Waals surface area contributed by atoms with E-state index in [0.29, 0.717) is 35.6 Å². The number of fused-ring (bicyclic) bond motifs is 1. The Morgan fingerprint density at radius 3 is 2.72 bits per heavy atom. The van der Waals surface area contributed by atoms with E-state index in [9.17, 15) is 22.8 Å². The average Bonchev–Trinajstić information content (AvgIpc) is 2.83. The number of hydrogen-bond acceptors (Lipinski definition) is 6. The van der Waals surface area contributed by atoms with E-state index in [1.54, 1.807) is 30.9 Å². The van der Waals surface area contributed by atoms with Gasteiger partial charge in [0.2, 0.25) is 5.91 Å². The first-order chi connectivity index (χ1) is 17.2. The van der Waals surface area contributed by atoms with Crippen molar-refractivity contribution >= 4 is 28.3 Å². The first kappa shape index (κ1) is 24.9. The maximum atomic E-state index is 14.7. The molecule has 0 aliphatic carbocycles. The summed E-state index contributed by atoms with van der Waals surface area (Å²) < 4.78 is 41.1. The van der Waals surface area contributed by atoms with Crippen LogP contribution in [0.15, 0.2) is 35.1 Å². The van der Waals surface area contributed by atoms with E-state index < -0.39 is 23.8 Å². The molecule has 0 fully saturated rings. The first-order valence-electron chi connectivity index (χ1n) is 11.3. The third kappa shape index (κ3) is 4.93. The molecule has 0 unspecified atom stereocenters. The van der Waals surface area contributed by atoms with Crippen LogP contribution in [0.1, 0.15) is 54.7 Å². The van der Waals surface area contributed by atoms with Gasteiger partial charge in [-0.15, -0.1) is 0 Å². The fourth-order valence-electron chi connectivity index (χ4n) is 4.22. The van der Waals surface area contributed by atoms with Crippen molar-refractivity contribution in [1.29, 1.82) is 5.26 Å². The van der Waals surface area contributed by atoms with E-state index in [1.807, 2.05) is 6.07 Å². The number of alkyl halides is 2. The lowest BCUT2D eigenvalue weighted by Crippen LogP contribution is -2.34. The number of benzene rings is 1. The van der Waals surface area contributed by atoms with E-state index in [2.05, 4.69) is 20.3 Å². The van der Waals surface area contributed by atoms with Crippen LogP contribution in [0, 0.1) is 24.1 Å². The van der Waals surface area contributed by atoms with Gasteiger partial charge in [0, 0.05) is 24.2 Å². The SMILES string of the molecule is Cc1nc(N[C@H](C)c2cccc(C(F)F)c2F)c2cc(C3=CCN(C(=O)CC#N)CC3)c(=O)[nH]c2n1. The van der Waals surface area contributed by atoms with Crippen LogP contribution in [0.25, 0.3) is 16.6 Å². The second-order valence-electron chi connectivity index (χ2n) is 8.47. The summed E-state index contributed by atoms with van der Waals surface area (Å²) in [6, 6.07) is 6.60. The van der Waals surface area contributed by atoms with Gasteiger partial charge in [-0.25, -0.2) is 23.1 Å². The lowest BCUT2D eigenvalue weighted by Gasteiger charge is -2.25. The Kier molecular flexibility index (Phi) is 7.05. The number of aromatic amines is 1. The van der Waals surface area contributed by atoms with Crippen LogP contribution in [0.2, 0.25) is 0 Å². The Labute approximate surface area is 204 Å². The molecule has 1 aliphatic heterocycles. The molecule has 1 amide bonds. The lowest BCUT2D eigenvalue weighted by molar-refractivity contribution is -0.129. The molecule has 3 aromatic rings. The van der Waals surface area contributed by atoms with E-state index in [4.69, 9.17) is 5.26 Å². The number of nitrogens with zero attached hydrogens (tertiary/aromatic N) is 4. The van der Waals surface area contributed by atoms with Gasteiger partial charge in [0.15, 0.2) is 0 Å². The van der Waals surface area contributed by atoms with Gasteiger partial charge in [-0.1, -0.05) is 24.3 Å². The van der Waals surface area contributed by atoms with Crippen molar-refractivity contribution in [2.24, 2.45) is 0 Å². The van der Waals surface area contributed by atoms with Crippen molar-refractivity contribution in [2.75, 3.05) is 18.4 Å². The van der Waals surface area contributed by atoms with Crippen LogP contribution in [-0.2, 0) is 4.79 Å². The first-order valence-corrected chi connectivity index (χ1v) is 11.3. The summed E-state index contributed by atoms with van der Waals surface area (Å²) in [6.45, 7) is 3.91. The van der Waals surface area contributed by atoms with E-state index in [1.165, 1.54) is 12.1 Å². The molecule has 0 spiro atoms. The van der Waals surface area contributed by atoms with Crippen molar-refractivity contribution in [2.45, 2.75) is 39.2 Å². The number of amides is 1. The Morgan fingerprint density at radius 1 is 1.31 bits per heavy atom. The van der Waals surface area contributed by atoms with Crippen molar-refractivity contribution in [3.63, 3.8) is 0 Å². The predicted molar refractivity (Wildman–Crippen MR) is 128 cm³/mol. The van der Waals surface area contributed by atoms with Gasteiger partial charge in [-0.2, -0.15) is 5.26 Å². The second kappa shape index (κ2) is 10.2. The molecule has 1 aliphatic rings. The van der Waals surface area contributed by atoms with Gasteiger partial charge in [0.05, 0.1) is 23.1 Å². The highest BCUT2D eigenvalue weighted by Gasteiger charge is 2.22. The number of nitriles is 1. The van der Waals surface area contributed by atoms with Crippen LogP contribution in [0.4, 0.5) is 19.0 Å². The largest absolute Gasteiger partial charge is 0.363 e. The molecule has 1 aromatic carbocycles. The molecule has 186 valence electrons. The van der Waals surface area contributed by atoms with E-state index in [0.717, 1.165) is 11.6 Å². The minimum atomic E-state index is -2.94. The zero-order chi connectivity index (χ0) is 26.0. The molecule has 36 heavy (non-hydrogen) atoms. The zero-order valence-corrected chi connectivity index (χ0v) is 19.6. The molecular weight excluding hydrogens is 473 g/mol. The van der Waals surface area contributed by atoms with Crippen molar-refractivity contribution in [3.8, 4) is 6.07 Å². The monoisotopic (exact) mass is 496 g/mol. The normalized spacial score (nSPS) is 14.5. The topological polar surface area (TPSA) is 115 Å². The van der Waals surface area contributed by atoms with Crippen LogP contribution in [0.3, 0.4) is 0 Å². The number of H-pyrrole nitrogens is 1. The number of aromatic nitrogens is 3. The highest BCUT2D eigenvalue weighted by Crippen LogP contribution is 2.31. The molecule has 8 nitrogen and oxygen atoms in total. The highest BCUT2D eigenvalue weighted by atomic mass is 19.3. The Bertz CT molecular complexity index is 1460. The van der Waals surface area contributed by atoms with Crippen molar-refractivity contribution in [3.05, 3.63) is 69.0 Å². The van der Waals surface area contributed by atoms with Crippen LogP contribution >= 0.6 is 0 Å². The number of hydrogen-bond donors (Lipinski definition) is 2. The molecule has 11 heteroatoms. The van der Waals surface area contributed by atoms with Gasteiger partial charge in [-0.05, 0) is 31.9 Å². The Balaban J connectivity index is 1.70. The summed E-state index contributed by atoms with van der Waals surface area (Å²) in [7, 11) is 0. The summed E-state index contributed by atoms with van der Waals surface area (Å²) in [5, 5.41) is 12.3. The summed E-state index contributed by atoms with van der Waals surface area (Å²) in [5.74, 6) is -0.593. The number of nitrogens with one attached hydrogen (secondary N) is 2. The number of rotatable bonds is 6. The molecular formula is C25H23F3N6O2. The van der Waals surface area contributed by atoms with Gasteiger partial charge in [-0.3, -0.25) is 9.59 Å². The van der Waals surface area contributed by atoms with Crippen molar-refractivity contribution < 1.29 is 18.0 Å². The third-order valence-electron chi connectivity index (χ3n) is 6.07. The number of carbonyl (C=O) groups is 1. The molecule has 2 N–H and O–H groups in total. The second-order valence-corrected chi connectivity index (χ2v) is 8.47. The van der Waals surface area contributed by atoms with Gasteiger partial charge in [0.25, 0.3) is 12.0 Å². The summed E-state index contributed by atoms with van der Waals surface area (Å²) in [4.78, 5) is 37.8. The van der Waals surface area contributed by atoms with Gasteiger partial charge >= 0.3 is 0 Å². The maximum absolute atomic E-state index is 14.7. The quantitative estimate of drug-likeness (QED) is 0.523. The van der Waals surface area contributed by atoms with Gasteiger partial charge < -0.3 is 15.2 Å². The number of carbonyl (C=O) groups excluding carboxylic acids is 1. The summed E-state index contributed by atoms with van der Waals surface area (Å²) >= 11 is 0. The summed E-state index contributed by atoms with van der Waals surface area (Å²) in [5.41, 5.74) is 0.397. The highest BCUT2D eigenvalue weighted by molar-refractivity contribution is 5.89. The van der Waals surface area contributed by atoms with Crippen LogP contribution in [0.5, 0.6) is 0 Å². The third-order valence-corrected chi connectivity index (χ3v) is 6.07. The molecule has 0 radical (unpaired) electrons. The predicted octanol–water partition coefficient (Wildman–Crippen LogP) is 4.41. The fourth-order valence-corrected chi connectivity index (χ4v) is 4.22. The Morgan fingerprint density at radius 2 is 2.06 bits per heavy atom. The van der Waals surface area contributed by atoms with Crippen molar-refractivity contribution in [1.82, 2.24) is 19.9 Å². The lowest BCUT2D eigenvalue weighted by atomic mass is 9.99. The molecule has 2 aromatic heterocycles. The van der Waals surface area contributed by atoms with Gasteiger partial charge in [0.1, 0.15) is 29.5 Å². The average molecular weight is 496 g/mol. The van der Waals surface area contributed by atoms with Crippen LogP contribution in [-0.4, -0.2) is 38.8 Å². The number of halogens is 3. The molecule has 4 rings (SSSR count). The molecule has 0 bridgehead atoms. The van der Waals surface area contributed by atoms with Crippen LogP contribution < -0.4 is 10.9 Å². The smallest absolute Gasteiger partial charge is 0.266 e. The minimum absolute atomic E-state index is 0.0546. The summed E-state index contributed by atoms with van der Waals surface area (Å²) in [6.07, 6.45) is -0.958.